The number of carbonyl (C=O) groups excluding carboxylic acids is 2. The fraction of sp³-hybridized carbons (Fsp3) is 0.310. The molecule has 0 aromatic heterocycles. The Morgan fingerprint density at radius 2 is 1.67 bits per heavy atom. The third-order valence-electron chi connectivity index (χ3n) is 6.30. The molecule has 0 unspecified atom stereocenters. The molecule has 1 amide bonds. The van der Waals surface area contributed by atoms with Crippen LogP contribution in [0.4, 0.5) is 0 Å². The second kappa shape index (κ2) is 11.2. The zero-order valence-corrected chi connectivity index (χ0v) is 21.1. The minimum Gasteiger partial charge on any atom is -0.493 e. The van der Waals surface area contributed by atoms with Gasteiger partial charge in [-0.25, -0.2) is 4.79 Å². The van der Waals surface area contributed by atoms with Crippen molar-refractivity contribution in [3.05, 3.63) is 88.5 Å². The minimum absolute atomic E-state index is 0.0506. The molecule has 3 aromatic rings. The number of amides is 1. The first-order valence-electron chi connectivity index (χ1n) is 12.0. The molecule has 0 N–H and O–H groups in total. The first-order valence-corrected chi connectivity index (χ1v) is 12.0. The number of rotatable bonds is 8. The molecule has 0 spiro atoms. The van der Waals surface area contributed by atoms with Crippen LogP contribution >= 0.6 is 0 Å². The predicted octanol–water partition coefficient (Wildman–Crippen LogP) is 5.01. The molecule has 0 bridgehead atoms. The summed E-state index contributed by atoms with van der Waals surface area (Å²) in [4.78, 5) is 27.4. The van der Waals surface area contributed by atoms with Gasteiger partial charge in [-0.1, -0.05) is 17.7 Å². The first kappa shape index (κ1) is 25.1. The van der Waals surface area contributed by atoms with Crippen LogP contribution in [0.1, 0.15) is 50.4 Å². The van der Waals surface area contributed by atoms with Crippen molar-refractivity contribution in [3.63, 3.8) is 0 Å². The Hall–Kier alpha value is -4.00. The topological polar surface area (TPSA) is 74.3 Å². The molecule has 7 nitrogen and oxygen atoms in total. The summed E-state index contributed by atoms with van der Waals surface area (Å²) in [6.45, 7) is 4.84. The van der Waals surface area contributed by atoms with E-state index < -0.39 is 0 Å². The Bertz CT molecular complexity index is 1240. The smallest absolute Gasteiger partial charge is 0.338 e. The van der Waals surface area contributed by atoms with Crippen molar-refractivity contribution < 1.29 is 28.5 Å². The van der Waals surface area contributed by atoms with E-state index in [1.807, 2.05) is 48.2 Å². The molecule has 0 fully saturated rings. The Labute approximate surface area is 211 Å². The van der Waals surface area contributed by atoms with Crippen LogP contribution in [0, 0.1) is 6.92 Å². The third-order valence-corrected chi connectivity index (χ3v) is 6.30. The monoisotopic (exact) mass is 489 g/mol. The molecule has 3 aromatic carbocycles. The van der Waals surface area contributed by atoms with Crippen LogP contribution in [-0.4, -0.2) is 50.8 Å². The summed E-state index contributed by atoms with van der Waals surface area (Å²) in [6, 6.07) is 18.0. The Morgan fingerprint density at radius 3 is 2.33 bits per heavy atom. The fourth-order valence-electron chi connectivity index (χ4n) is 4.47. The van der Waals surface area contributed by atoms with Gasteiger partial charge in [0.15, 0.2) is 11.5 Å². The number of hydrogen-bond acceptors (Lipinski definition) is 6. The summed E-state index contributed by atoms with van der Waals surface area (Å²) in [6.07, 6.45) is 0.692. The lowest BCUT2D eigenvalue weighted by Gasteiger charge is -2.37. The SMILES string of the molecule is CCOC(=O)c1ccc(OC[C@@H]2c3cc(OC)c(OC)cc3CCN2C(=O)c2cccc(C)c2)cc1. The summed E-state index contributed by atoms with van der Waals surface area (Å²) in [5.41, 5.74) is 4.18. The van der Waals surface area contributed by atoms with E-state index in [-0.39, 0.29) is 24.5 Å². The van der Waals surface area contributed by atoms with Crippen molar-refractivity contribution in [3.8, 4) is 17.2 Å². The molecule has 36 heavy (non-hydrogen) atoms. The second-order valence-electron chi connectivity index (χ2n) is 8.60. The fourth-order valence-corrected chi connectivity index (χ4v) is 4.47. The molecule has 1 aliphatic rings. The predicted molar refractivity (Wildman–Crippen MR) is 136 cm³/mol. The maximum absolute atomic E-state index is 13.6. The molecule has 0 aliphatic carbocycles. The van der Waals surface area contributed by atoms with Crippen molar-refractivity contribution in [2.75, 3.05) is 34.0 Å². The summed E-state index contributed by atoms with van der Waals surface area (Å²) in [5, 5.41) is 0. The van der Waals surface area contributed by atoms with Crippen molar-refractivity contribution in [2.24, 2.45) is 0 Å². The number of ether oxygens (including phenoxy) is 4. The summed E-state index contributed by atoms with van der Waals surface area (Å²) in [7, 11) is 3.21. The second-order valence-corrected chi connectivity index (χ2v) is 8.60. The number of nitrogens with zero attached hydrogens (tertiary/aromatic N) is 1. The van der Waals surface area contributed by atoms with E-state index in [1.54, 1.807) is 45.4 Å². The van der Waals surface area contributed by atoms with Gasteiger partial charge < -0.3 is 23.8 Å². The number of carbonyl (C=O) groups is 2. The van der Waals surface area contributed by atoms with Gasteiger partial charge in [0.05, 0.1) is 32.4 Å². The first-order chi connectivity index (χ1) is 17.4. The Balaban J connectivity index is 1.64. The van der Waals surface area contributed by atoms with E-state index in [4.69, 9.17) is 18.9 Å². The molecule has 0 radical (unpaired) electrons. The average Bonchev–Trinajstić information content (AvgIpc) is 2.90. The standard InChI is InChI=1S/C29H31NO6/c1-5-35-29(32)20-9-11-23(12-10-20)36-18-25-24-17-27(34-4)26(33-3)16-21(24)13-14-30(25)28(31)22-8-6-7-19(2)15-22/h6-12,15-17,25H,5,13-14,18H2,1-4H3/t25-/m1/s1. The highest BCUT2D eigenvalue weighted by molar-refractivity contribution is 5.95. The maximum atomic E-state index is 13.6. The van der Waals surface area contributed by atoms with Crippen molar-refractivity contribution in [2.45, 2.75) is 26.3 Å². The van der Waals surface area contributed by atoms with Crippen LogP contribution < -0.4 is 14.2 Å². The van der Waals surface area contributed by atoms with Gasteiger partial charge in [-0.05, 0) is 79.9 Å². The Morgan fingerprint density at radius 1 is 0.944 bits per heavy atom. The van der Waals surface area contributed by atoms with Crippen LogP contribution in [0.15, 0.2) is 60.7 Å². The molecule has 0 saturated carbocycles. The highest BCUT2D eigenvalue weighted by atomic mass is 16.5. The van der Waals surface area contributed by atoms with Gasteiger partial charge in [-0.2, -0.15) is 0 Å². The largest absolute Gasteiger partial charge is 0.493 e. The van der Waals surface area contributed by atoms with Crippen LogP contribution in [-0.2, 0) is 11.2 Å². The molecule has 0 saturated heterocycles. The van der Waals surface area contributed by atoms with E-state index in [0.29, 0.717) is 47.9 Å². The molecule has 1 aliphatic heterocycles. The van der Waals surface area contributed by atoms with Crippen LogP contribution in [0.2, 0.25) is 0 Å². The van der Waals surface area contributed by atoms with Crippen LogP contribution in [0.3, 0.4) is 0 Å². The van der Waals surface area contributed by atoms with E-state index in [1.165, 1.54) is 0 Å². The van der Waals surface area contributed by atoms with Crippen molar-refractivity contribution in [1.29, 1.82) is 0 Å². The minimum atomic E-state index is -0.374. The summed E-state index contributed by atoms with van der Waals surface area (Å²) in [5.74, 6) is 1.43. The van der Waals surface area contributed by atoms with Gasteiger partial charge in [0, 0.05) is 12.1 Å². The van der Waals surface area contributed by atoms with E-state index in [9.17, 15) is 9.59 Å². The van der Waals surface area contributed by atoms with E-state index in [2.05, 4.69) is 0 Å². The van der Waals surface area contributed by atoms with Gasteiger partial charge in [0.25, 0.3) is 5.91 Å². The molecule has 1 atom stereocenters. The van der Waals surface area contributed by atoms with Gasteiger partial charge in [-0.15, -0.1) is 0 Å². The highest BCUT2D eigenvalue weighted by Gasteiger charge is 2.33. The molecule has 188 valence electrons. The van der Waals surface area contributed by atoms with Gasteiger partial charge in [0.1, 0.15) is 12.4 Å². The average molecular weight is 490 g/mol. The highest BCUT2D eigenvalue weighted by Crippen LogP contribution is 2.39. The number of hydrogen-bond donors (Lipinski definition) is 0. The number of fused-ring (bicyclic) bond motifs is 1. The lowest BCUT2D eigenvalue weighted by Crippen LogP contribution is -2.42. The van der Waals surface area contributed by atoms with Crippen molar-refractivity contribution >= 4 is 11.9 Å². The summed E-state index contributed by atoms with van der Waals surface area (Å²) >= 11 is 0. The van der Waals surface area contributed by atoms with Gasteiger partial charge in [-0.3, -0.25) is 4.79 Å². The number of benzene rings is 3. The third kappa shape index (κ3) is 5.30. The molecule has 1 heterocycles. The number of esters is 1. The number of methoxy groups -OCH3 is 2. The van der Waals surface area contributed by atoms with Gasteiger partial charge >= 0.3 is 5.97 Å². The zero-order valence-electron chi connectivity index (χ0n) is 21.1. The molecular formula is C29H31NO6. The van der Waals surface area contributed by atoms with Crippen LogP contribution in [0.5, 0.6) is 17.2 Å². The van der Waals surface area contributed by atoms with Crippen LogP contribution in [0.25, 0.3) is 0 Å². The molecular weight excluding hydrogens is 458 g/mol. The number of aryl methyl sites for hydroxylation is 1. The molecule has 7 heteroatoms. The maximum Gasteiger partial charge on any atom is 0.338 e. The lowest BCUT2D eigenvalue weighted by molar-refractivity contribution is 0.0524. The normalized spacial score (nSPS) is 14.6. The molecule has 4 rings (SSSR count). The quantitative estimate of drug-likeness (QED) is 0.414. The summed E-state index contributed by atoms with van der Waals surface area (Å²) < 4.78 is 22.2. The van der Waals surface area contributed by atoms with E-state index in [0.717, 1.165) is 16.7 Å². The van der Waals surface area contributed by atoms with E-state index >= 15 is 0 Å². The lowest BCUT2D eigenvalue weighted by atomic mass is 9.91. The zero-order chi connectivity index (χ0) is 25.7. The van der Waals surface area contributed by atoms with Gasteiger partial charge in [0.2, 0.25) is 0 Å². The van der Waals surface area contributed by atoms with Crippen molar-refractivity contribution in [1.82, 2.24) is 4.90 Å². The Kier molecular flexibility index (Phi) is 7.78.